The van der Waals surface area contributed by atoms with Crippen LogP contribution in [0.1, 0.15) is 30.9 Å². The lowest BCUT2D eigenvalue weighted by atomic mass is 9.71. The van der Waals surface area contributed by atoms with Crippen molar-refractivity contribution in [3.8, 4) is 0 Å². The van der Waals surface area contributed by atoms with E-state index in [4.69, 9.17) is 4.74 Å². The molecule has 3 rings (SSSR count). The second-order valence-corrected chi connectivity index (χ2v) is 7.89. The molecule has 1 spiro atoms. The highest BCUT2D eigenvalue weighted by atomic mass is 19.4. The summed E-state index contributed by atoms with van der Waals surface area (Å²) in [5.74, 6) is 0.418. The van der Waals surface area contributed by atoms with Crippen molar-refractivity contribution in [3.05, 3.63) is 35.4 Å². The number of hydrogen-bond acceptors (Lipinski definition) is 3. The quantitative estimate of drug-likeness (QED) is 0.798. The van der Waals surface area contributed by atoms with E-state index in [2.05, 4.69) is 4.90 Å². The summed E-state index contributed by atoms with van der Waals surface area (Å²) in [6.07, 6.45) is -2.44. The average Bonchev–Trinajstić information content (AvgIpc) is 2.96. The average molecular weight is 384 g/mol. The lowest BCUT2D eigenvalue weighted by molar-refractivity contribution is -0.137. The zero-order chi connectivity index (χ0) is 19.7. The minimum atomic E-state index is -4.31. The molecular weight excluding hydrogens is 357 g/mol. The number of rotatable bonds is 4. The van der Waals surface area contributed by atoms with E-state index in [1.54, 1.807) is 20.1 Å². The van der Waals surface area contributed by atoms with Crippen LogP contribution in [0.5, 0.6) is 0 Å². The largest absolute Gasteiger partial charge is 0.416 e. The molecule has 150 valence electrons. The van der Waals surface area contributed by atoms with Gasteiger partial charge in [0.2, 0.25) is 5.91 Å². The summed E-state index contributed by atoms with van der Waals surface area (Å²) >= 11 is 0. The number of halogens is 3. The molecule has 4 nitrogen and oxygen atoms in total. The lowest BCUT2D eigenvalue weighted by Gasteiger charge is -2.42. The second-order valence-electron chi connectivity index (χ2n) is 7.89. The number of carbonyl (C=O) groups is 1. The van der Waals surface area contributed by atoms with Crippen LogP contribution in [0.3, 0.4) is 0 Å². The van der Waals surface area contributed by atoms with Gasteiger partial charge in [0.25, 0.3) is 0 Å². The molecule has 0 N–H and O–H groups in total. The number of piperidine rings is 1. The minimum Gasteiger partial charge on any atom is -0.384 e. The van der Waals surface area contributed by atoms with Crippen LogP contribution in [0.4, 0.5) is 13.2 Å². The van der Waals surface area contributed by atoms with Crippen LogP contribution in [0.2, 0.25) is 0 Å². The third-order valence-electron chi connectivity index (χ3n) is 6.14. The number of hydrogen-bond donors (Lipinski definition) is 0. The van der Waals surface area contributed by atoms with Gasteiger partial charge in [0.1, 0.15) is 0 Å². The number of ether oxygens (including phenoxy) is 1. The monoisotopic (exact) mass is 384 g/mol. The molecule has 2 heterocycles. The van der Waals surface area contributed by atoms with E-state index in [1.807, 2.05) is 4.90 Å². The molecule has 27 heavy (non-hydrogen) atoms. The Morgan fingerprint density at radius 1 is 1.30 bits per heavy atom. The maximum absolute atomic E-state index is 12.9. The van der Waals surface area contributed by atoms with Crippen LogP contribution in [0.25, 0.3) is 0 Å². The first-order chi connectivity index (χ1) is 12.7. The minimum absolute atomic E-state index is 0.0615. The number of benzene rings is 1. The first-order valence-electron chi connectivity index (χ1n) is 9.36. The van der Waals surface area contributed by atoms with Crippen molar-refractivity contribution in [2.45, 2.75) is 32.5 Å². The molecule has 0 radical (unpaired) electrons. The van der Waals surface area contributed by atoms with Crippen molar-refractivity contribution < 1.29 is 22.7 Å². The molecule has 1 amide bonds. The maximum atomic E-state index is 12.9. The highest BCUT2D eigenvalue weighted by molar-refractivity contribution is 5.73. The van der Waals surface area contributed by atoms with Gasteiger partial charge in [0.05, 0.1) is 12.2 Å². The zero-order valence-corrected chi connectivity index (χ0v) is 15.9. The first kappa shape index (κ1) is 20.1. The lowest BCUT2D eigenvalue weighted by Crippen LogP contribution is -2.45. The normalized spacial score (nSPS) is 23.1. The van der Waals surface area contributed by atoms with Gasteiger partial charge in [-0.15, -0.1) is 0 Å². The topological polar surface area (TPSA) is 32.8 Å². The predicted molar refractivity (Wildman–Crippen MR) is 96.0 cm³/mol. The summed E-state index contributed by atoms with van der Waals surface area (Å²) in [7, 11) is 1.69. The number of nitrogens with zero attached hydrogens (tertiary/aromatic N) is 2. The van der Waals surface area contributed by atoms with E-state index >= 15 is 0 Å². The predicted octanol–water partition coefficient (Wildman–Crippen LogP) is 3.41. The van der Waals surface area contributed by atoms with E-state index in [9.17, 15) is 18.0 Å². The van der Waals surface area contributed by atoms with Crippen molar-refractivity contribution in [1.29, 1.82) is 0 Å². The molecule has 1 unspecified atom stereocenters. The number of methoxy groups -OCH3 is 1. The molecule has 2 aliphatic rings. The Morgan fingerprint density at radius 3 is 2.59 bits per heavy atom. The highest BCUT2D eigenvalue weighted by Crippen LogP contribution is 2.45. The second kappa shape index (κ2) is 7.80. The number of likely N-dealkylation sites (tertiary alicyclic amines) is 2. The Hall–Kier alpha value is -1.60. The fraction of sp³-hybridized carbons (Fsp3) is 0.650. The fourth-order valence-corrected chi connectivity index (χ4v) is 4.53. The Kier molecular flexibility index (Phi) is 5.82. The summed E-state index contributed by atoms with van der Waals surface area (Å²) in [5.41, 5.74) is 0.152. The summed E-state index contributed by atoms with van der Waals surface area (Å²) in [6, 6.07) is 5.57. The molecule has 1 aromatic carbocycles. The fourth-order valence-electron chi connectivity index (χ4n) is 4.53. The molecule has 1 aromatic rings. The molecule has 2 saturated heterocycles. The van der Waals surface area contributed by atoms with Gasteiger partial charge in [0, 0.05) is 39.6 Å². The maximum Gasteiger partial charge on any atom is 0.416 e. The zero-order valence-electron chi connectivity index (χ0n) is 15.9. The van der Waals surface area contributed by atoms with E-state index in [-0.39, 0.29) is 11.3 Å². The Labute approximate surface area is 158 Å². The highest BCUT2D eigenvalue weighted by Gasteiger charge is 2.48. The SMILES string of the molecule is COCC1CN(C(C)=O)CC12CCN(Cc1cccc(C(F)(F)F)c1)CC2. The summed E-state index contributed by atoms with van der Waals surface area (Å²) in [4.78, 5) is 15.9. The summed E-state index contributed by atoms with van der Waals surface area (Å²) < 4.78 is 44.1. The van der Waals surface area contributed by atoms with Gasteiger partial charge in [-0.05, 0) is 43.0 Å². The van der Waals surface area contributed by atoms with Crippen molar-refractivity contribution >= 4 is 5.91 Å². The van der Waals surface area contributed by atoms with Crippen LogP contribution < -0.4 is 0 Å². The standard InChI is InChI=1S/C20H27F3N2O2/c1-15(26)25-12-18(13-27-2)19(14-25)6-8-24(9-7-19)11-16-4-3-5-17(10-16)20(21,22)23/h3-5,10,18H,6-9,11-14H2,1-2H3. The van der Waals surface area contributed by atoms with E-state index in [0.717, 1.165) is 45.1 Å². The Bertz CT molecular complexity index is 669. The Balaban J connectivity index is 1.64. The van der Waals surface area contributed by atoms with Gasteiger partial charge in [0.15, 0.2) is 0 Å². The van der Waals surface area contributed by atoms with E-state index < -0.39 is 11.7 Å². The van der Waals surface area contributed by atoms with Crippen molar-refractivity contribution in [2.24, 2.45) is 11.3 Å². The van der Waals surface area contributed by atoms with Crippen molar-refractivity contribution in [1.82, 2.24) is 9.80 Å². The van der Waals surface area contributed by atoms with Crippen LogP contribution in [-0.4, -0.2) is 55.6 Å². The third kappa shape index (κ3) is 4.46. The van der Waals surface area contributed by atoms with Gasteiger partial charge in [-0.1, -0.05) is 18.2 Å². The number of amides is 1. The third-order valence-corrected chi connectivity index (χ3v) is 6.14. The molecule has 7 heteroatoms. The van der Waals surface area contributed by atoms with Gasteiger partial charge in [-0.25, -0.2) is 0 Å². The van der Waals surface area contributed by atoms with E-state index in [0.29, 0.717) is 24.6 Å². The smallest absolute Gasteiger partial charge is 0.384 e. The molecule has 1 atom stereocenters. The molecule has 0 saturated carbocycles. The van der Waals surface area contributed by atoms with Crippen LogP contribution in [-0.2, 0) is 22.3 Å². The van der Waals surface area contributed by atoms with E-state index in [1.165, 1.54) is 12.1 Å². The molecule has 0 aliphatic carbocycles. The van der Waals surface area contributed by atoms with Crippen LogP contribution in [0, 0.1) is 11.3 Å². The summed E-state index contributed by atoms with van der Waals surface area (Å²) in [5, 5.41) is 0. The molecule has 0 aromatic heterocycles. The van der Waals surface area contributed by atoms with Gasteiger partial charge >= 0.3 is 6.18 Å². The van der Waals surface area contributed by atoms with Crippen LogP contribution in [0.15, 0.2) is 24.3 Å². The van der Waals surface area contributed by atoms with Crippen LogP contribution >= 0.6 is 0 Å². The number of alkyl halides is 3. The summed E-state index contributed by atoms with van der Waals surface area (Å²) in [6.45, 7) is 5.89. The number of carbonyl (C=O) groups excluding carboxylic acids is 1. The Morgan fingerprint density at radius 2 is 2.00 bits per heavy atom. The molecule has 2 fully saturated rings. The van der Waals surface area contributed by atoms with Gasteiger partial charge in [-0.3, -0.25) is 9.69 Å². The van der Waals surface area contributed by atoms with Crippen molar-refractivity contribution in [2.75, 3.05) is 39.9 Å². The first-order valence-corrected chi connectivity index (χ1v) is 9.36. The van der Waals surface area contributed by atoms with Gasteiger partial charge in [-0.2, -0.15) is 13.2 Å². The van der Waals surface area contributed by atoms with Gasteiger partial charge < -0.3 is 9.64 Å². The molecule has 0 bridgehead atoms. The molecular formula is C20H27F3N2O2. The molecule has 2 aliphatic heterocycles. The van der Waals surface area contributed by atoms with Crippen molar-refractivity contribution in [3.63, 3.8) is 0 Å².